The molecule has 0 aromatic rings. The van der Waals surface area contributed by atoms with E-state index in [0.29, 0.717) is 0 Å². The van der Waals surface area contributed by atoms with Crippen molar-refractivity contribution in [3.8, 4) is 6.07 Å². The average molecular weight is 166 g/mol. The van der Waals surface area contributed by atoms with Gasteiger partial charge in [0.05, 0.1) is 12.0 Å². The molecule has 0 saturated carbocycles. The van der Waals surface area contributed by atoms with E-state index in [-0.39, 0.29) is 16.7 Å². The first-order valence-electron chi connectivity index (χ1n) is 4.50. The minimum absolute atomic E-state index is 0.108. The number of nitriles is 1. The molecule has 0 aromatic heterocycles. The van der Waals surface area contributed by atoms with Crippen LogP contribution < -0.4 is 5.32 Å². The van der Waals surface area contributed by atoms with Crippen LogP contribution in [0.5, 0.6) is 0 Å². The van der Waals surface area contributed by atoms with Crippen molar-refractivity contribution in [2.24, 2.45) is 16.7 Å². The molecule has 0 unspecified atom stereocenters. The number of nitrogens with one attached hydrogen (secondary N) is 1. The smallest absolute Gasteiger partial charge is 0.0668 e. The SMILES string of the molecule is CC1(C)CNCC(C)(C)C1C#N. The summed E-state index contributed by atoms with van der Waals surface area (Å²) in [4.78, 5) is 0. The van der Waals surface area contributed by atoms with Crippen molar-refractivity contribution in [1.82, 2.24) is 5.32 Å². The zero-order valence-electron chi connectivity index (χ0n) is 8.44. The Balaban J connectivity index is 2.91. The first-order valence-corrected chi connectivity index (χ1v) is 4.50. The van der Waals surface area contributed by atoms with Crippen LogP contribution in [-0.2, 0) is 0 Å². The lowest BCUT2D eigenvalue weighted by molar-refractivity contribution is 0.0738. The molecule has 2 heteroatoms. The maximum absolute atomic E-state index is 9.08. The molecule has 1 fully saturated rings. The predicted molar refractivity (Wildman–Crippen MR) is 49.5 cm³/mol. The molecule has 1 aliphatic rings. The van der Waals surface area contributed by atoms with Crippen LogP contribution in [0.2, 0.25) is 0 Å². The monoisotopic (exact) mass is 166 g/mol. The third kappa shape index (κ3) is 1.47. The molecule has 12 heavy (non-hydrogen) atoms. The number of hydrogen-bond acceptors (Lipinski definition) is 2. The molecule has 1 saturated heterocycles. The topological polar surface area (TPSA) is 35.8 Å². The zero-order valence-corrected chi connectivity index (χ0v) is 8.44. The van der Waals surface area contributed by atoms with E-state index in [1.54, 1.807) is 0 Å². The highest BCUT2D eigenvalue weighted by Gasteiger charge is 2.43. The van der Waals surface area contributed by atoms with Gasteiger partial charge in [-0.25, -0.2) is 0 Å². The van der Waals surface area contributed by atoms with Crippen LogP contribution in [0, 0.1) is 28.1 Å². The van der Waals surface area contributed by atoms with Gasteiger partial charge >= 0.3 is 0 Å². The van der Waals surface area contributed by atoms with E-state index in [0.717, 1.165) is 13.1 Å². The fraction of sp³-hybridized carbons (Fsp3) is 0.900. The molecule has 0 aliphatic carbocycles. The Morgan fingerprint density at radius 3 is 1.83 bits per heavy atom. The third-order valence-corrected chi connectivity index (χ3v) is 2.85. The summed E-state index contributed by atoms with van der Waals surface area (Å²) in [6.07, 6.45) is 0. The van der Waals surface area contributed by atoms with Gasteiger partial charge in [0, 0.05) is 13.1 Å². The standard InChI is InChI=1S/C10H18N2/c1-9(2)6-12-7-10(3,4)8(9)5-11/h8,12H,6-7H2,1-4H3. The number of piperidine rings is 1. The molecule has 0 spiro atoms. The molecule has 1 N–H and O–H groups in total. The Bertz CT molecular complexity index is 194. The van der Waals surface area contributed by atoms with Crippen molar-refractivity contribution in [2.45, 2.75) is 27.7 Å². The second kappa shape index (κ2) is 2.74. The Kier molecular flexibility index (Phi) is 2.18. The number of rotatable bonds is 0. The highest BCUT2D eigenvalue weighted by atomic mass is 14.9. The van der Waals surface area contributed by atoms with Crippen LogP contribution in [0.25, 0.3) is 0 Å². The number of nitrogens with zero attached hydrogens (tertiary/aromatic N) is 1. The average Bonchev–Trinajstić information content (AvgIpc) is 1.83. The first-order chi connectivity index (χ1) is 5.40. The van der Waals surface area contributed by atoms with Gasteiger partial charge in [0.25, 0.3) is 0 Å². The van der Waals surface area contributed by atoms with Crippen molar-refractivity contribution < 1.29 is 0 Å². The van der Waals surface area contributed by atoms with Gasteiger partial charge in [-0.15, -0.1) is 0 Å². The van der Waals surface area contributed by atoms with Gasteiger partial charge in [0.1, 0.15) is 0 Å². The Morgan fingerprint density at radius 1 is 1.17 bits per heavy atom. The van der Waals surface area contributed by atoms with Crippen LogP contribution in [0.3, 0.4) is 0 Å². The summed E-state index contributed by atoms with van der Waals surface area (Å²) in [6.45, 7) is 10.6. The van der Waals surface area contributed by atoms with Crippen molar-refractivity contribution in [3.05, 3.63) is 0 Å². The van der Waals surface area contributed by atoms with Crippen molar-refractivity contribution in [3.63, 3.8) is 0 Å². The van der Waals surface area contributed by atoms with Gasteiger partial charge in [0.15, 0.2) is 0 Å². The molecule has 0 atom stereocenters. The summed E-state index contributed by atoms with van der Waals surface area (Å²) < 4.78 is 0. The lowest BCUT2D eigenvalue weighted by atomic mass is 9.63. The Morgan fingerprint density at radius 2 is 1.58 bits per heavy atom. The van der Waals surface area contributed by atoms with Gasteiger partial charge in [0.2, 0.25) is 0 Å². The molecule has 0 aromatic carbocycles. The lowest BCUT2D eigenvalue weighted by Crippen LogP contribution is -2.52. The minimum atomic E-state index is 0.108. The largest absolute Gasteiger partial charge is 0.316 e. The second-order valence-electron chi connectivity index (χ2n) is 5.14. The molecule has 68 valence electrons. The van der Waals surface area contributed by atoms with Crippen LogP contribution in [-0.4, -0.2) is 13.1 Å². The molecule has 0 bridgehead atoms. The lowest BCUT2D eigenvalue weighted by Gasteiger charge is -2.45. The van der Waals surface area contributed by atoms with Crippen LogP contribution in [0.1, 0.15) is 27.7 Å². The maximum atomic E-state index is 9.08. The van der Waals surface area contributed by atoms with Gasteiger partial charge in [-0.05, 0) is 10.8 Å². The number of hydrogen-bond donors (Lipinski definition) is 1. The quantitative estimate of drug-likeness (QED) is 0.595. The molecule has 1 aliphatic heterocycles. The highest BCUT2D eigenvalue weighted by molar-refractivity contribution is 5.05. The summed E-state index contributed by atoms with van der Waals surface area (Å²) >= 11 is 0. The molecule has 1 rings (SSSR count). The van der Waals surface area contributed by atoms with E-state index in [9.17, 15) is 0 Å². The van der Waals surface area contributed by atoms with Crippen molar-refractivity contribution in [1.29, 1.82) is 5.26 Å². The van der Waals surface area contributed by atoms with Crippen LogP contribution in [0.15, 0.2) is 0 Å². The summed E-state index contributed by atoms with van der Waals surface area (Å²) in [6, 6.07) is 2.44. The molecule has 2 nitrogen and oxygen atoms in total. The van der Waals surface area contributed by atoms with Crippen LogP contribution >= 0.6 is 0 Å². The van der Waals surface area contributed by atoms with E-state index in [1.807, 2.05) is 0 Å². The summed E-state index contributed by atoms with van der Waals surface area (Å²) in [5.74, 6) is 0.159. The third-order valence-electron chi connectivity index (χ3n) is 2.85. The normalized spacial score (nSPS) is 27.9. The first kappa shape index (κ1) is 9.54. The Labute approximate surface area is 75.0 Å². The van der Waals surface area contributed by atoms with Gasteiger partial charge < -0.3 is 5.32 Å². The molecular formula is C10H18N2. The second-order valence-corrected chi connectivity index (χ2v) is 5.14. The van der Waals surface area contributed by atoms with Crippen molar-refractivity contribution >= 4 is 0 Å². The predicted octanol–water partition coefficient (Wildman–Crippen LogP) is 1.78. The summed E-state index contributed by atoms with van der Waals surface area (Å²) in [5, 5.41) is 12.5. The summed E-state index contributed by atoms with van der Waals surface area (Å²) in [7, 11) is 0. The molecule has 0 radical (unpaired) electrons. The van der Waals surface area contributed by atoms with Gasteiger partial charge in [-0.2, -0.15) is 5.26 Å². The van der Waals surface area contributed by atoms with E-state index in [4.69, 9.17) is 5.26 Å². The van der Waals surface area contributed by atoms with Crippen molar-refractivity contribution in [2.75, 3.05) is 13.1 Å². The maximum Gasteiger partial charge on any atom is 0.0668 e. The van der Waals surface area contributed by atoms with Gasteiger partial charge in [-0.1, -0.05) is 27.7 Å². The fourth-order valence-corrected chi connectivity index (χ4v) is 2.32. The fourth-order valence-electron chi connectivity index (χ4n) is 2.32. The van der Waals surface area contributed by atoms with Gasteiger partial charge in [-0.3, -0.25) is 0 Å². The zero-order chi connectivity index (χ0) is 9.41. The molecule has 0 amide bonds. The highest BCUT2D eigenvalue weighted by Crippen LogP contribution is 2.41. The minimum Gasteiger partial charge on any atom is -0.316 e. The Hall–Kier alpha value is -0.550. The molecular weight excluding hydrogens is 148 g/mol. The van der Waals surface area contributed by atoms with E-state index in [1.165, 1.54) is 0 Å². The van der Waals surface area contributed by atoms with E-state index >= 15 is 0 Å². The van der Waals surface area contributed by atoms with Crippen LogP contribution in [0.4, 0.5) is 0 Å². The summed E-state index contributed by atoms with van der Waals surface area (Å²) in [5.41, 5.74) is 0.215. The van der Waals surface area contributed by atoms with E-state index in [2.05, 4.69) is 39.1 Å². The van der Waals surface area contributed by atoms with E-state index < -0.39 is 0 Å². The molecule has 1 heterocycles.